The van der Waals surface area contributed by atoms with Gasteiger partial charge in [-0.3, -0.25) is 9.48 Å². The number of rotatable bonds is 8. The van der Waals surface area contributed by atoms with Crippen LogP contribution in [-0.2, 0) is 17.9 Å². The highest BCUT2D eigenvalue weighted by molar-refractivity contribution is 9.10. The van der Waals surface area contributed by atoms with E-state index in [-0.39, 0.29) is 12.5 Å². The second-order valence-electron chi connectivity index (χ2n) is 5.34. The van der Waals surface area contributed by atoms with Crippen LogP contribution in [0.1, 0.15) is 22.3 Å². The first kappa shape index (κ1) is 19.5. The summed E-state index contributed by atoms with van der Waals surface area (Å²) in [5.41, 5.74) is 0.897. The molecule has 0 saturated carbocycles. The predicted molar refractivity (Wildman–Crippen MR) is 89.0 cm³/mol. The largest absolute Gasteiger partial charge is 0.411 e. The van der Waals surface area contributed by atoms with Crippen molar-refractivity contribution in [2.24, 2.45) is 0 Å². The third-order valence-electron chi connectivity index (χ3n) is 3.17. The average Bonchev–Trinajstić information content (AvgIpc) is 2.96. The predicted octanol–water partition coefficient (Wildman–Crippen LogP) is 3.54. The van der Waals surface area contributed by atoms with Crippen LogP contribution in [0.25, 0.3) is 0 Å². The van der Waals surface area contributed by atoms with Crippen LogP contribution in [0, 0.1) is 0 Å². The van der Waals surface area contributed by atoms with Crippen molar-refractivity contribution in [1.29, 1.82) is 0 Å². The number of benzene rings is 1. The minimum absolute atomic E-state index is 0.200. The Bertz CT molecular complexity index is 704. The minimum atomic E-state index is -4.36. The maximum atomic E-state index is 12.1. The van der Waals surface area contributed by atoms with Gasteiger partial charge in [0.15, 0.2) is 0 Å². The van der Waals surface area contributed by atoms with Crippen LogP contribution in [-0.4, -0.2) is 35.0 Å². The first-order valence-electron chi connectivity index (χ1n) is 7.53. The SMILES string of the molecule is O=C(NCCCn1cc(Br)cn1)c1cccc(COCC(F)(F)F)c1. The minimum Gasteiger partial charge on any atom is -0.367 e. The quantitative estimate of drug-likeness (QED) is 0.665. The number of halogens is 4. The molecule has 0 aliphatic heterocycles. The van der Waals surface area contributed by atoms with E-state index >= 15 is 0 Å². The number of hydrogen-bond acceptors (Lipinski definition) is 3. The lowest BCUT2D eigenvalue weighted by Gasteiger charge is -2.09. The smallest absolute Gasteiger partial charge is 0.367 e. The number of aryl methyl sites for hydroxylation is 1. The first-order chi connectivity index (χ1) is 11.8. The molecule has 2 aromatic rings. The molecule has 0 spiro atoms. The summed E-state index contributed by atoms with van der Waals surface area (Å²) >= 11 is 3.30. The number of carbonyl (C=O) groups is 1. The first-order valence-corrected chi connectivity index (χ1v) is 8.32. The number of ether oxygens (including phenoxy) is 1. The Balaban J connectivity index is 1.76. The molecule has 1 aromatic carbocycles. The van der Waals surface area contributed by atoms with Crippen molar-refractivity contribution in [2.45, 2.75) is 25.7 Å². The van der Waals surface area contributed by atoms with Gasteiger partial charge in [-0.15, -0.1) is 0 Å². The van der Waals surface area contributed by atoms with E-state index in [0.29, 0.717) is 30.6 Å². The van der Waals surface area contributed by atoms with Crippen molar-refractivity contribution in [1.82, 2.24) is 15.1 Å². The fraction of sp³-hybridized carbons (Fsp3) is 0.375. The molecule has 5 nitrogen and oxygen atoms in total. The lowest BCUT2D eigenvalue weighted by molar-refractivity contribution is -0.176. The second kappa shape index (κ2) is 9.00. The average molecular weight is 420 g/mol. The highest BCUT2D eigenvalue weighted by Crippen LogP contribution is 2.16. The molecule has 0 fully saturated rings. The molecule has 0 unspecified atom stereocenters. The van der Waals surface area contributed by atoms with Gasteiger partial charge in [0.2, 0.25) is 0 Å². The van der Waals surface area contributed by atoms with Gasteiger partial charge in [-0.05, 0) is 40.0 Å². The number of hydrogen-bond donors (Lipinski definition) is 1. The van der Waals surface area contributed by atoms with Gasteiger partial charge in [-0.1, -0.05) is 12.1 Å². The lowest BCUT2D eigenvalue weighted by atomic mass is 10.1. The Morgan fingerprint density at radius 1 is 1.36 bits per heavy atom. The van der Waals surface area contributed by atoms with Crippen LogP contribution < -0.4 is 5.32 Å². The van der Waals surface area contributed by atoms with E-state index in [4.69, 9.17) is 0 Å². The summed E-state index contributed by atoms with van der Waals surface area (Å²) in [7, 11) is 0. The lowest BCUT2D eigenvalue weighted by Crippen LogP contribution is -2.25. The van der Waals surface area contributed by atoms with Crippen molar-refractivity contribution in [3.63, 3.8) is 0 Å². The van der Waals surface area contributed by atoms with Crippen molar-refractivity contribution >= 4 is 21.8 Å². The summed E-state index contributed by atoms with van der Waals surface area (Å²) in [6.45, 7) is -0.385. The summed E-state index contributed by atoms with van der Waals surface area (Å²) in [5, 5.41) is 6.88. The van der Waals surface area contributed by atoms with Crippen molar-refractivity contribution in [3.05, 3.63) is 52.3 Å². The van der Waals surface area contributed by atoms with Gasteiger partial charge in [0.05, 0.1) is 17.3 Å². The van der Waals surface area contributed by atoms with Crippen LogP contribution in [0.3, 0.4) is 0 Å². The fourth-order valence-corrected chi connectivity index (χ4v) is 2.42. The van der Waals surface area contributed by atoms with Crippen molar-refractivity contribution in [2.75, 3.05) is 13.2 Å². The van der Waals surface area contributed by atoms with Gasteiger partial charge >= 0.3 is 6.18 Å². The molecular formula is C16H17BrF3N3O2. The van der Waals surface area contributed by atoms with Gasteiger partial charge in [0.1, 0.15) is 6.61 Å². The maximum absolute atomic E-state index is 12.1. The van der Waals surface area contributed by atoms with E-state index in [0.717, 1.165) is 4.47 Å². The Kier molecular flexibility index (Phi) is 7.01. The second-order valence-corrected chi connectivity index (χ2v) is 6.26. The summed E-state index contributed by atoms with van der Waals surface area (Å²) in [5.74, 6) is -0.278. The van der Waals surface area contributed by atoms with Crippen molar-refractivity contribution < 1.29 is 22.7 Å². The summed E-state index contributed by atoms with van der Waals surface area (Å²) in [6.07, 6.45) is -0.134. The zero-order chi connectivity index (χ0) is 18.3. The zero-order valence-corrected chi connectivity index (χ0v) is 14.8. The molecule has 25 heavy (non-hydrogen) atoms. The standard InChI is InChI=1S/C16H17BrF3N3O2/c17-14-8-22-23(9-14)6-2-5-21-15(24)13-4-1-3-12(7-13)10-25-11-16(18,19)20/h1,3-4,7-9H,2,5-6,10-11H2,(H,21,24). The van der Waals surface area contributed by atoms with Crippen molar-refractivity contribution in [3.8, 4) is 0 Å². The third kappa shape index (κ3) is 7.27. The molecule has 0 bridgehead atoms. The van der Waals surface area contributed by atoms with E-state index in [9.17, 15) is 18.0 Å². The van der Waals surface area contributed by atoms with Crippen LogP contribution in [0.15, 0.2) is 41.1 Å². The van der Waals surface area contributed by atoms with Gasteiger partial charge in [0, 0.05) is 24.8 Å². The van der Waals surface area contributed by atoms with Gasteiger partial charge in [-0.25, -0.2) is 0 Å². The third-order valence-corrected chi connectivity index (χ3v) is 3.58. The van der Waals surface area contributed by atoms with Crippen LogP contribution in [0.5, 0.6) is 0 Å². The van der Waals surface area contributed by atoms with Crippen LogP contribution >= 0.6 is 15.9 Å². The Labute approximate surface area is 151 Å². The Morgan fingerprint density at radius 2 is 2.16 bits per heavy atom. The number of aromatic nitrogens is 2. The van der Waals surface area contributed by atoms with E-state index in [2.05, 4.69) is 31.1 Å². The molecule has 9 heteroatoms. The highest BCUT2D eigenvalue weighted by atomic mass is 79.9. The molecule has 136 valence electrons. The molecule has 1 aromatic heterocycles. The molecule has 0 aliphatic carbocycles. The summed E-state index contributed by atoms with van der Waals surface area (Å²) in [4.78, 5) is 12.1. The topological polar surface area (TPSA) is 56.2 Å². The highest BCUT2D eigenvalue weighted by Gasteiger charge is 2.27. The molecule has 0 atom stereocenters. The van der Waals surface area contributed by atoms with Crippen LogP contribution in [0.2, 0.25) is 0 Å². The summed E-state index contributed by atoms with van der Waals surface area (Å²) < 4.78 is 43.4. The zero-order valence-electron chi connectivity index (χ0n) is 13.2. The summed E-state index contributed by atoms with van der Waals surface area (Å²) in [6, 6.07) is 6.36. The number of nitrogens with one attached hydrogen (secondary N) is 1. The molecular weight excluding hydrogens is 403 g/mol. The van der Waals surface area contributed by atoms with E-state index < -0.39 is 12.8 Å². The molecule has 1 amide bonds. The van der Waals surface area contributed by atoms with E-state index in [1.807, 2.05) is 6.20 Å². The van der Waals surface area contributed by atoms with Gasteiger partial charge < -0.3 is 10.1 Å². The Hall–Kier alpha value is -1.87. The molecule has 1 N–H and O–H groups in total. The molecule has 0 aliphatic rings. The monoisotopic (exact) mass is 419 g/mol. The fourth-order valence-electron chi connectivity index (χ4n) is 2.09. The van der Waals surface area contributed by atoms with Gasteiger partial charge in [-0.2, -0.15) is 18.3 Å². The number of carbonyl (C=O) groups excluding carboxylic acids is 1. The number of nitrogens with zero attached hydrogens (tertiary/aromatic N) is 2. The van der Waals surface area contributed by atoms with Gasteiger partial charge in [0.25, 0.3) is 5.91 Å². The molecule has 1 heterocycles. The number of amides is 1. The van der Waals surface area contributed by atoms with Crippen LogP contribution in [0.4, 0.5) is 13.2 Å². The normalized spacial score (nSPS) is 11.5. The Morgan fingerprint density at radius 3 is 2.84 bits per heavy atom. The maximum Gasteiger partial charge on any atom is 0.411 e. The van der Waals surface area contributed by atoms with E-state index in [1.54, 1.807) is 29.1 Å². The molecule has 0 saturated heterocycles. The van der Waals surface area contributed by atoms with E-state index in [1.165, 1.54) is 6.07 Å². The molecule has 2 rings (SSSR count). The number of alkyl halides is 3. The molecule has 0 radical (unpaired) electrons.